The molecule has 4 nitrogen and oxygen atoms in total. The number of aryl methyl sites for hydroxylation is 1. The third-order valence-corrected chi connectivity index (χ3v) is 2.71. The molecular weight excluding hydrogens is 176 g/mol. The van der Waals surface area contributed by atoms with Crippen LogP contribution in [0, 0.1) is 0 Å². The number of thiophene rings is 1. The van der Waals surface area contributed by atoms with Gasteiger partial charge in [-0.3, -0.25) is 14.3 Å². The van der Waals surface area contributed by atoms with Crippen LogP contribution >= 0.6 is 11.3 Å². The number of H-pyrrole nitrogens is 1. The van der Waals surface area contributed by atoms with Crippen molar-refractivity contribution in [1.29, 1.82) is 0 Å². The lowest BCUT2D eigenvalue weighted by Gasteiger charge is -1.95. The molecule has 0 amide bonds. The predicted octanol–water partition coefficient (Wildman–Crippen LogP) is 0.288. The highest BCUT2D eigenvalue weighted by Crippen LogP contribution is 2.13. The fourth-order valence-corrected chi connectivity index (χ4v) is 1.94. The average Bonchev–Trinajstić information content (AvgIpc) is 2.48. The van der Waals surface area contributed by atoms with Crippen molar-refractivity contribution < 1.29 is 0 Å². The minimum absolute atomic E-state index is 0.311. The van der Waals surface area contributed by atoms with Crippen LogP contribution in [-0.4, -0.2) is 9.55 Å². The van der Waals surface area contributed by atoms with Crippen LogP contribution in [0.2, 0.25) is 0 Å². The van der Waals surface area contributed by atoms with E-state index in [1.165, 1.54) is 15.9 Å². The standard InChI is InChI=1S/C7H6N2O2S/c1-9-6-4(2-3-12-6)5(10)8-7(9)11/h2-3H,1H3,(H,8,10,11). The van der Waals surface area contributed by atoms with Crippen molar-refractivity contribution in [2.75, 3.05) is 0 Å². The summed E-state index contributed by atoms with van der Waals surface area (Å²) < 4.78 is 1.43. The van der Waals surface area contributed by atoms with Crippen molar-refractivity contribution in [3.05, 3.63) is 32.3 Å². The predicted molar refractivity (Wildman–Crippen MR) is 47.7 cm³/mol. The third-order valence-electron chi connectivity index (χ3n) is 1.72. The van der Waals surface area contributed by atoms with Crippen LogP contribution in [0.25, 0.3) is 10.2 Å². The lowest BCUT2D eigenvalue weighted by Crippen LogP contribution is -2.27. The first kappa shape index (κ1) is 7.30. The van der Waals surface area contributed by atoms with Gasteiger partial charge in [-0.2, -0.15) is 0 Å². The number of nitrogens with one attached hydrogen (secondary N) is 1. The highest BCUT2D eigenvalue weighted by Gasteiger charge is 2.03. The fourth-order valence-electron chi connectivity index (χ4n) is 1.07. The molecule has 0 unspecified atom stereocenters. The molecule has 0 aliphatic carbocycles. The monoisotopic (exact) mass is 182 g/mol. The van der Waals surface area contributed by atoms with E-state index >= 15 is 0 Å². The summed E-state index contributed by atoms with van der Waals surface area (Å²) in [4.78, 5) is 25.2. The third kappa shape index (κ3) is 0.831. The van der Waals surface area contributed by atoms with Crippen LogP contribution < -0.4 is 11.2 Å². The van der Waals surface area contributed by atoms with Crippen LogP contribution in [0.15, 0.2) is 21.0 Å². The van der Waals surface area contributed by atoms with Crippen LogP contribution in [0.4, 0.5) is 0 Å². The van der Waals surface area contributed by atoms with Gasteiger partial charge >= 0.3 is 5.69 Å². The zero-order valence-electron chi connectivity index (χ0n) is 6.33. The molecule has 0 bridgehead atoms. The minimum Gasteiger partial charge on any atom is -0.288 e. The number of fused-ring (bicyclic) bond motifs is 1. The Balaban J connectivity index is 3.18. The summed E-state index contributed by atoms with van der Waals surface area (Å²) in [7, 11) is 1.64. The molecule has 1 N–H and O–H groups in total. The lowest BCUT2D eigenvalue weighted by atomic mass is 10.4. The van der Waals surface area contributed by atoms with E-state index < -0.39 is 0 Å². The summed E-state index contributed by atoms with van der Waals surface area (Å²) >= 11 is 1.39. The van der Waals surface area contributed by atoms with Gasteiger partial charge in [0, 0.05) is 7.05 Å². The molecule has 0 aliphatic heterocycles. The average molecular weight is 182 g/mol. The molecule has 2 heterocycles. The van der Waals surface area contributed by atoms with Gasteiger partial charge in [0.15, 0.2) is 0 Å². The summed E-state index contributed by atoms with van der Waals surface area (Å²) in [5, 5.41) is 2.36. The molecular formula is C7H6N2O2S. The molecule has 0 saturated heterocycles. The van der Waals surface area contributed by atoms with Crippen LogP contribution in [0.3, 0.4) is 0 Å². The van der Waals surface area contributed by atoms with Crippen LogP contribution in [0.1, 0.15) is 0 Å². The molecule has 0 saturated carbocycles. The minimum atomic E-state index is -0.366. The van der Waals surface area contributed by atoms with Crippen molar-refractivity contribution in [2.24, 2.45) is 7.05 Å². The molecule has 62 valence electrons. The summed E-state index contributed by atoms with van der Waals surface area (Å²) in [6, 6.07) is 1.71. The Hall–Kier alpha value is -1.36. The van der Waals surface area contributed by atoms with Gasteiger partial charge in [0.05, 0.1) is 5.39 Å². The van der Waals surface area contributed by atoms with Gasteiger partial charge < -0.3 is 0 Å². The Kier molecular flexibility index (Phi) is 1.41. The second-order valence-electron chi connectivity index (χ2n) is 2.46. The van der Waals surface area contributed by atoms with Crippen LogP contribution in [-0.2, 0) is 7.05 Å². The SMILES string of the molecule is Cn1c(=O)[nH]c(=O)c2ccsc21. The van der Waals surface area contributed by atoms with Crippen molar-refractivity contribution in [3.8, 4) is 0 Å². The zero-order valence-corrected chi connectivity index (χ0v) is 7.14. The second kappa shape index (κ2) is 2.31. The quantitative estimate of drug-likeness (QED) is 0.636. The van der Waals surface area contributed by atoms with Gasteiger partial charge in [-0.25, -0.2) is 4.79 Å². The van der Waals surface area contributed by atoms with E-state index in [2.05, 4.69) is 4.98 Å². The highest BCUT2D eigenvalue weighted by molar-refractivity contribution is 7.16. The van der Waals surface area contributed by atoms with Gasteiger partial charge in [-0.1, -0.05) is 0 Å². The molecule has 2 aromatic rings. The maximum absolute atomic E-state index is 11.2. The van der Waals surface area contributed by atoms with Crippen molar-refractivity contribution in [1.82, 2.24) is 9.55 Å². The molecule has 2 aromatic heterocycles. The largest absolute Gasteiger partial charge is 0.329 e. The molecule has 0 atom stereocenters. The first-order chi connectivity index (χ1) is 5.70. The first-order valence-corrected chi connectivity index (χ1v) is 4.24. The Morgan fingerprint density at radius 2 is 2.25 bits per heavy atom. The zero-order chi connectivity index (χ0) is 8.72. The smallest absolute Gasteiger partial charge is 0.288 e. The summed E-state index contributed by atoms with van der Waals surface area (Å²) in [6.45, 7) is 0. The number of aromatic amines is 1. The van der Waals surface area contributed by atoms with Gasteiger partial charge in [-0.15, -0.1) is 11.3 Å². The van der Waals surface area contributed by atoms with Gasteiger partial charge in [0.2, 0.25) is 0 Å². The van der Waals surface area contributed by atoms with E-state index in [-0.39, 0.29) is 11.2 Å². The maximum atomic E-state index is 11.2. The molecule has 0 aromatic carbocycles. The normalized spacial score (nSPS) is 10.8. The lowest BCUT2D eigenvalue weighted by molar-refractivity contribution is 0.850. The number of nitrogens with zero attached hydrogens (tertiary/aromatic N) is 1. The van der Waals surface area contributed by atoms with Crippen molar-refractivity contribution >= 4 is 21.6 Å². The van der Waals surface area contributed by atoms with Crippen LogP contribution in [0.5, 0.6) is 0 Å². The molecule has 0 radical (unpaired) electrons. The number of hydrogen-bond acceptors (Lipinski definition) is 3. The topological polar surface area (TPSA) is 54.9 Å². The summed E-state index contributed by atoms with van der Waals surface area (Å²) in [6.07, 6.45) is 0. The second-order valence-corrected chi connectivity index (χ2v) is 3.35. The van der Waals surface area contributed by atoms with E-state index in [0.717, 1.165) is 0 Å². The molecule has 0 fully saturated rings. The highest BCUT2D eigenvalue weighted by atomic mass is 32.1. The van der Waals surface area contributed by atoms with Crippen molar-refractivity contribution in [3.63, 3.8) is 0 Å². The maximum Gasteiger partial charge on any atom is 0.329 e. The first-order valence-electron chi connectivity index (χ1n) is 3.36. The Morgan fingerprint density at radius 1 is 1.50 bits per heavy atom. The van der Waals surface area contributed by atoms with E-state index in [0.29, 0.717) is 10.2 Å². The summed E-state index contributed by atoms with van der Waals surface area (Å²) in [5.74, 6) is 0. The number of hydrogen-bond donors (Lipinski definition) is 1. The number of aromatic nitrogens is 2. The van der Waals surface area contributed by atoms with E-state index in [4.69, 9.17) is 0 Å². The van der Waals surface area contributed by atoms with Crippen molar-refractivity contribution in [2.45, 2.75) is 0 Å². The summed E-state index contributed by atoms with van der Waals surface area (Å²) in [5.41, 5.74) is -0.677. The van der Waals surface area contributed by atoms with Gasteiger partial charge in [0.25, 0.3) is 5.56 Å². The Bertz CT molecular complexity index is 534. The molecule has 12 heavy (non-hydrogen) atoms. The number of rotatable bonds is 0. The molecule has 2 rings (SSSR count). The molecule has 0 aliphatic rings. The molecule has 0 spiro atoms. The fraction of sp³-hybridized carbons (Fsp3) is 0.143. The van der Waals surface area contributed by atoms with Gasteiger partial charge in [0.1, 0.15) is 4.83 Å². The van der Waals surface area contributed by atoms with E-state index in [9.17, 15) is 9.59 Å². The van der Waals surface area contributed by atoms with E-state index in [1.54, 1.807) is 18.5 Å². The van der Waals surface area contributed by atoms with Gasteiger partial charge in [-0.05, 0) is 11.4 Å². The van der Waals surface area contributed by atoms with E-state index in [1.807, 2.05) is 0 Å². The Labute approximate surface area is 71.1 Å². The Morgan fingerprint density at radius 3 is 3.00 bits per heavy atom. The molecule has 5 heteroatoms.